The van der Waals surface area contributed by atoms with Gasteiger partial charge in [0.05, 0.1) is 49.5 Å². The molecule has 5 heterocycles. The van der Waals surface area contributed by atoms with Crippen LogP contribution in [0.25, 0.3) is 11.3 Å². The highest BCUT2D eigenvalue weighted by atomic mass is 16.5. The van der Waals surface area contributed by atoms with Gasteiger partial charge in [0.1, 0.15) is 5.82 Å². The third-order valence-corrected chi connectivity index (χ3v) is 4.78. The van der Waals surface area contributed by atoms with Crippen LogP contribution in [0.5, 0.6) is 0 Å². The van der Waals surface area contributed by atoms with Gasteiger partial charge in [-0.2, -0.15) is 15.2 Å². The van der Waals surface area contributed by atoms with Crippen molar-refractivity contribution in [1.82, 2.24) is 20.2 Å². The summed E-state index contributed by atoms with van der Waals surface area (Å²) in [5.74, 6) is 1.67. The van der Waals surface area contributed by atoms with Crippen molar-refractivity contribution in [3.63, 3.8) is 0 Å². The van der Waals surface area contributed by atoms with Crippen molar-refractivity contribution >= 4 is 17.5 Å². The van der Waals surface area contributed by atoms with Crippen molar-refractivity contribution in [2.75, 3.05) is 42.6 Å². The summed E-state index contributed by atoms with van der Waals surface area (Å²) in [7, 11) is 0. The summed E-state index contributed by atoms with van der Waals surface area (Å²) in [5.41, 5.74) is 4.05. The Kier molecular flexibility index (Phi) is 3.75. The Morgan fingerprint density at radius 1 is 1.00 bits per heavy atom. The van der Waals surface area contributed by atoms with Crippen LogP contribution < -0.4 is 9.80 Å². The van der Waals surface area contributed by atoms with Crippen LogP contribution in [0, 0.1) is 0 Å². The first-order chi connectivity index (χ1) is 12.9. The number of hydrogen-bond donors (Lipinski definition) is 0. The molecule has 8 nitrogen and oxygen atoms in total. The number of fused-ring (bicyclic) bond motifs is 1. The van der Waals surface area contributed by atoms with E-state index in [2.05, 4.69) is 20.0 Å². The molecule has 132 valence electrons. The van der Waals surface area contributed by atoms with E-state index in [0.29, 0.717) is 13.2 Å². The summed E-state index contributed by atoms with van der Waals surface area (Å²) in [6, 6.07) is 3.90. The minimum absolute atomic E-state index is 0.694. The van der Waals surface area contributed by atoms with Gasteiger partial charge in [-0.05, 0) is 18.6 Å². The van der Waals surface area contributed by atoms with E-state index in [1.165, 1.54) is 0 Å². The Balaban J connectivity index is 1.64. The molecule has 0 atom stereocenters. The van der Waals surface area contributed by atoms with Crippen molar-refractivity contribution in [3.05, 3.63) is 42.6 Å². The molecule has 0 saturated carbocycles. The molecule has 0 aliphatic carbocycles. The zero-order chi connectivity index (χ0) is 17.3. The maximum atomic E-state index is 5.47. The Hall–Kier alpha value is -3.00. The molecule has 2 aliphatic rings. The summed E-state index contributed by atoms with van der Waals surface area (Å²) < 4.78 is 10.8. The Labute approximate surface area is 150 Å². The Morgan fingerprint density at radius 2 is 1.92 bits per heavy atom. The zero-order valence-electron chi connectivity index (χ0n) is 14.2. The van der Waals surface area contributed by atoms with Crippen LogP contribution >= 0.6 is 0 Å². The van der Waals surface area contributed by atoms with E-state index in [0.717, 1.165) is 60.3 Å². The normalized spacial score (nSPS) is 16.8. The third kappa shape index (κ3) is 2.59. The number of morpholine rings is 1. The van der Waals surface area contributed by atoms with Crippen LogP contribution in [0.4, 0.5) is 17.5 Å². The van der Waals surface area contributed by atoms with Gasteiger partial charge in [0.25, 0.3) is 0 Å². The summed E-state index contributed by atoms with van der Waals surface area (Å²) in [6.45, 7) is 3.81. The molecule has 0 amide bonds. The monoisotopic (exact) mass is 350 g/mol. The first kappa shape index (κ1) is 15.3. The van der Waals surface area contributed by atoms with Gasteiger partial charge in [-0.15, -0.1) is 0 Å². The van der Waals surface area contributed by atoms with Crippen LogP contribution in [-0.2, 0) is 11.2 Å². The standard InChI is InChI=1S/C18H18N6O2/c1-4-19-20-11-14(1)24-5-2-15-16(13-3-8-26-12-13)21-18(22-17(15)24)23-6-9-25-10-7-23/h1,3-4,8,11-12H,2,5-7,9-10H2. The molecule has 2 aliphatic heterocycles. The van der Waals surface area contributed by atoms with E-state index in [4.69, 9.17) is 19.1 Å². The molecule has 1 fully saturated rings. The quantitative estimate of drug-likeness (QED) is 0.710. The summed E-state index contributed by atoms with van der Waals surface area (Å²) in [4.78, 5) is 14.1. The molecule has 3 aromatic rings. The first-order valence-corrected chi connectivity index (χ1v) is 8.70. The molecule has 0 bridgehead atoms. The lowest BCUT2D eigenvalue weighted by atomic mass is 10.1. The maximum absolute atomic E-state index is 5.47. The third-order valence-electron chi connectivity index (χ3n) is 4.78. The van der Waals surface area contributed by atoms with Crippen molar-refractivity contribution in [1.29, 1.82) is 0 Å². The molecule has 0 aromatic carbocycles. The van der Waals surface area contributed by atoms with Gasteiger partial charge in [-0.1, -0.05) is 0 Å². The van der Waals surface area contributed by atoms with Crippen LogP contribution in [-0.4, -0.2) is 53.0 Å². The molecule has 8 heteroatoms. The number of rotatable bonds is 3. The summed E-state index contributed by atoms with van der Waals surface area (Å²) in [5, 5.41) is 7.89. The van der Waals surface area contributed by atoms with Crippen molar-refractivity contribution < 1.29 is 9.15 Å². The van der Waals surface area contributed by atoms with Crippen molar-refractivity contribution in [3.8, 4) is 11.3 Å². The lowest BCUT2D eigenvalue weighted by Gasteiger charge is -2.28. The molecule has 5 rings (SSSR count). The van der Waals surface area contributed by atoms with E-state index < -0.39 is 0 Å². The van der Waals surface area contributed by atoms with Crippen LogP contribution in [0.1, 0.15) is 5.56 Å². The van der Waals surface area contributed by atoms with Gasteiger partial charge < -0.3 is 19.0 Å². The van der Waals surface area contributed by atoms with Gasteiger partial charge in [-0.3, -0.25) is 0 Å². The van der Waals surface area contributed by atoms with Crippen molar-refractivity contribution in [2.24, 2.45) is 0 Å². The minimum Gasteiger partial charge on any atom is -0.472 e. The molecule has 0 unspecified atom stereocenters. The number of hydrogen-bond acceptors (Lipinski definition) is 8. The largest absolute Gasteiger partial charge is 0.472 e. The fraction of sp³-hybridized carbons (Fsp3) is 0.333. The number of ether oxygens (including phenoxy) is 1. The highest BCUT2D eigenvalue weighted by Gasteiger charge is 2.29. The second-order valence-corrected chi connectivity index (χ2v) is 6.29. The van der Waals surface area contributed by atoms with Crippen LogP contribution in [0.3, 0.4) is 0 Å². The molecule has 0 N–H and O–H groups in total. The van der Waals surface area contributed by atoms with E-state index in [-0.39, 0.29) is 0 Å². The topological polar surface area (TPSA) is 80.4 Å². The minimum atomic E-state index is 0.694. The first-order valence-electron chi connectivity index (χ1n) is 8.70. The van der Waals surface area contributed by atoms with E-state index in [1.54, 1.807) is 24.9 Å². The smallest absolute Gasteiger partial charge is 0.228 e. The summed E-state index contributed by atoms with van der Waals surface area (Å²) in [6.07, 6.45) is 7.76. The Morgan fingerprint density at radius 3 is 2.69 bits per heavy atom. The predicted molar refractivity (Wildman–Crippen MR) is 95.5 cm³/mol. The van der Waals surface area contributed by atoms with Gasteiger partial charge >= 0.3 is 0 Å². The van der Waals surface area contributed by atoms with E-state index in [1.807, 2.05) is 12.1 Å². The molecular weight excluding hydrogens is 332 g/mol. The predicted octanol–water partition coefficient (Wildman–Crippen LogP) is 2.06. The van der Waals surface area contributed by atoms with Gasteiger partial charge in [0.15, 0.2) is 0 Å². The zero-order valence-corrected chi connectivity index (χ0v) is 14.2. The van der Waals surface area contributed by atoms with Crippen molar-refractivity contribution in [2.45, 2.75) is 6.42 Å². The van der Waals surface area contributed by atoms with Gasteiger partial charge in [0.2, 0.25) is 5.95 Å². The van der Waals surface area contributed by atoms with Crippen LogP contribution in [0.2, 0.25) is 0 Å². The average molecular weight is 350 g/mol. The highest BCUT2D eigenvalue weighted by molar-refractivity contribution is 5.76. The lowest BCUT2D eigenvalue weighted by molar-refractivity contribution is 0.122. The number of aromatic nitrogens is 4. The SMILES string of the molecule is c1cc(N2CCc3c(-c4ccoc4)nc(N4CCOCC4)nc32)cnn1. The van der Waals surface area contributed by atoms with Crippen LogP contribution in [0.15, 0.2) is 41.5 Å². The molecule has 1 saturated heterocycles. The molecule has 0 spiro atoms. The maximum Gasteiger partial charge on any atom is 0.228 e. The molecular formula is C18H18N6O2. The Bertz CT molecular complexity index is 894. The molecule has 26 heavy (non-hydrogen) atoms. The van der Waals surface area contributed by atoms with Gasteiger partial charge in [0, 0.05) is 30.8 Å². The van der Waals surface area contributed by atoms with Gasteiger partial charge in [-0.25, -0.2) is 4.98 Å². The summed E-state index contributed by atoms with van der Waals surface area (Å²) >= 11 is 0. The highest BCUT2D eigenvalue weighted by Crippen LogP contribution is 2.39. The number of furan rings is 1. The second kappa shape index (κ2) is 6.38. The molecule has 3 aromatic heterocycles. The average Bonchev–Trinajstić information content (AvgIpc) is 3.39. The molecule has 0 radical (unpaired) electrons. The van der Waals surface area contributed by atoms with E-state index in [9.17, 15) is 0 Å². The fourth-order valence-corrected chi connectivity index (χ4v) is 3.48. The second-order valence-electron chi connectivity index (χ2n) is 6.29. The number of anilines is 3. The lowest BCUT2D eigenvalue weighted by Crippen LogP contribution is -2.37. The fourth-order valence-electron chi connectivity index (χ4n) is 3.48. The van der Waals surface area contributed by atoms with E-state index >= 15 is 0 Å². The number of nitrogens with zero attached hydrogens (tertiary/aromatic N) is 6.